The van der Waals surface area contributed by atoms with Gasteiger partial charge in [0.25, 0.3) is 10.0 Å². The third-order valence-electron chi connectivity index (χ3n) is 4.07. The second-order valence-electron chi connectivity index (χ2n) is 6.05. The minimum Gasteiger partial charge on any atom is -0.200 e. The lowest BCUT2D eigenvalue weighted by molar-refractivity contribution is 0.584. The zero-order chi connectivity index (χ0) is 18.6. The number of benzene rings is 3. The number of rotatable bonds is 5. The Balaban J connectivity index is 1.76. The smallest absolute Gasteiger partial charge is 0.200 e. The summed E-state index contributed by atoms with van der Waals surface area (Å²) in [5.74, 6) is 0. The van der Waals surface area contributed by atoms with Crippen LogP contribution in [0.5, 0.6) is 0 Å². The van der Waals surface area contributed by atoms with Crippen LogP contribution in [0.15, 0.2) is 88.9 Å². The number of hydrazone groups is 1. The van der Waals surface area contributed by atoms with Crippen LogP contribution in [0.1, 0.15) is 18.1 Å². The summed E-state index contributed by atoms with van der Waals surface area (Å²) in [6, 6.07) is 24.6. The number of sulfonamides is 1. The van der Waals surface area contributed by atoms with E-state index in [-0.39, 0.29) is 4.90 Å². The van der Waals surface area contributed by atoms with Crippen LogP contribution in [0.4, 0.5) is 0 Å². The van der Waals surface area contributed by atoms with Gasteiger partial charge < -0.3 is 0 Å². The molecule has 3 aromatic rings. The Hall–Kier alpha value is -2.92. The molecule has 0 heterocycles. The van der Waals surface area contributed by atoms with Crippen LogP contribution < -0.4 is 4.83 Å². The molecule has 0 saturated heterocycles. The average molecular weight is 364 g/mol. The molecule has 0 radical (unpaired) electrons. The summed E-state index contributed by atoms with van der Waals surface area (Å²) < 4.78 is 24.6. The predicted octanol–water partition coefficient (Wildman–Crippen LogP) is 4.36. The van der Waals surface area contributed by atoms with Crippen molar-refractivity contribution < 1.29 is 8.42 Å². The molecule has 0 spiro atoms. The van der Waals surface area contributed by atoms with Gasteiger partial charge in [-0.15, -0.1) is 0 Å². The van der Waals surface area contributed by atoms with Gasteiger partial charge in [-0.05, 0) is 42.7 Å². The lowest BCUT2D eigenvalue weighted by Crippen LogP contribution is -2.19. The summed E-state index contributed by atoms with van der Waals surface area (Å²) in [4.78, 5) is 2.49. The minimum absolute atomic E-state index is 0.194. The van der Waals surface area contributed by atoms with Crippen LogP contribution in [0.3, 0.4) is 0 Å². The molecule has 0 atom stereocenters. The van der Waals surface area contributed by atoms with Gasteiger partial charge >= 0.3 is 0 Å². The van der Waals surface area contributed by atoms with Crippen LogP contribution in [-0.2, 0) is 10.0 Å². The molecule has 0 bridgehead atoms. The molecule has 0 saturated carbocycles. The van der Waals surface area contributed by atoms with Crippen molar-refractivity contribution in [1.82, 2.24) is 4.83 Å². The Morgan fingerprint density at radius 3 is 2.00 bits per heavy atom. The first-order valence-electron chi connectivity index (χ1n) is 8.24. The third-order valence-corrected chi connectivity index (χ3v) is 5.30. The maximum atomic E-state index is 12.3. The molecule has 5 heteroatoms. The molecule has 3 aromatic carbocycles. The van der Waals surface area contributed by atoms with E-state index in [0.717, 1.165) is 22.3 Å². The molecular weight excluding hydrogens is 344 g/mol. The van der Waals surface area contributed by atoms with E-state index in [1.54, 1.807) is 31.2 Å². The lowest BCUT2D eigenvalue weighted by Gasteiger charge is -2.07. The van der Waals surface area contributed by atoms with Gasteiger partial charge in [-0.25, -0.2) is 0 Å². The SMILES string of the molecule is C/C(=N\NS(=O)(=O)c1ccc(C)cc1)c1ccc(-c2ccccc2)cc1. The van der Waals surface area contributed by atoms with Gasteiger partial charge in [0.2, 0.25) is 0 Å². The highest BCUT2D eigenvalue weighted by Gasteiger charge is 2.12. The monoisotopic (exact) mass is 364 g/mol. The summed E-state index contributed by atoms with van der Waals surface area (Å²) in [5, 5.41) is 4.05. The molecule has 4 nitrogen and oxygen atoms in total. The molecule has 0 aliphatic rings. The first-order valence-corrected chi connectivity index (χ1v) is 9.73. The second kappa shape index (κ2) is 7.54. The highest BCUT2D eigenvalue weighted by Crippen LogP contribution is 2.19. The summed E-state index contributed by atoms with van der Waals surface area (Å²) in [5.41, 5.74) is 4.69. The standard InChI is InChI=1S/C21H20N2O2S/c1-16-8-14-21(15-9-16)26(24,25)23-22-17(2)18-10-12-20(13-11-18)19-6-4-3-5-7-19/h3-15,23H,1-2H3/b22-17+. The van der Waals surface area contributed by atoms with E-state index in [9.17, 15) is 8.42 Å². The third kappa shape index (κ3) is 4.18. The number of aryl methyl sites for hydroxylation is 1. The van der Waals surface area contributed by atoms with Crippen LogP contribution in [-0.4, -0.2) is 14.1 Å². The fourth-order valence-electron chi connectivity index (χ4n) is 2.50. The van der Waals surface area contributed by atoms with E-state index in [1.807, 2.05) is 61.5 Å². The zero-order valence-electron chi connectivity index (χ0n) is 14.7. The van der Waals surface area contributed by atoms with Crippen molar-refractivity contribution in [3.8, 4) is 11.1 Å². The lowest BCUT2D eigenvalue weighted by atomic mass is 10.0. The normalized spacial score (nSPS) is 12.0. The molecule has 1 N–H and O–H groups in total. The minimum atomic E-state index is -3.67. The zero-order valence-corrected chi connectivity index (χ0v) is 15.5. The maximum Gasteiger partial charge on any atom is 0.276 e. The first kappa shape index (κ1) is 17.9. The number of hydrogen-bond donors (Lipinski definition) is 1. The number of nitrogens with zero attached hydrogens (tertiary/aromatic N) is 1. The van der Waals surface area contributed by atoms with Gasteiger partial charge in [0, 0.05) is 0 Å². The molecule has 0 aliphatic carbocycles. The Labute approximate surface area is 154 Å². The predicted molar refractivity (Wildman–Crippen MR) is 106 cm³/mol. The number of hydrogen-bond acceptors (Lipinski definition) is 3. The van der Waals surface area contributed by atoms with Gasteiger partial charge in [0.1, 0.15) is 0 Å². The van der Waals surface area contributed by atoms with E-state index in [4.69, 9.17) is 0 Å². The highest BCUT2D eigenvalue weighted by atomic mass is 32.2. The van der Waals surface area contributed by atoms with Crippen molar-refractivity contribution in [2.75, 3.05) is 0 Å². The van der Waals surface area contributed by atoms with Gasteiger partial charge in [-0.1, -0.05) is 72.3 Å². The molecule has 0 aliphatic heterocycles. The summed E-state index contributed by atoms with van der Waals surface area (Å²) in [6.07, 6.45) is 0. The van der Waals surface area contributed by atoms with Gasteiger partial charge in [0.15, 0.2) is 0 Å². The molecule has 3 rings (SSSR count). The van der Waals surface area contributed by atoms with E-state index in [1.165, 1.54) is 0 Å². The Morgan fingerprint density at radius 1 is 0.808 bits per heavy atom. The summed E-state index contributed by atoms with van der Waals surface area (Å²) >= 11 is 0. The fraction of sp³-hybridized carbons (Fsp3) is 0.0952. The van der Waals surface area contributed by atoms with Gasteiger partial charge in [-0.3, -0.25) is 0 Å². The Kier molecular flexibility index (Phi) is 5.19. The Bertz CT molecular complexity index is 1010. The molecule has 0 fully saturated rings. The molecular formula is C21H20N2O2S. The summed E-state index contributed by atoms with van der Waals surface area (Å²) in [7, 11) is -3.67. The molecule has 0 unspecified atom stereocenters. The largest absolute Gasteiger partial charge is 0.276 e. The van der Waals surface area contributed by atoms with Crippen molar-refractivity contribution in [2.24, 2.45) is 5.10 Å². The van der Waals surface area contributed by atoms with Crippen molar-refractivity contribution in [1.29, 1.82) is 0 Å². The van der Waals surface area contributed by atoms with Crippen molar-refractivity contribution >= 4 is 15.7 Å². The van der Waals surface area contributed by atoms with Crippen molar-refractivity contribution in [3.05, 3.63) is 90.0 Å². The van der Waals surface area contributed by atoms with Gasteiger partial charge in [-0.2, -0.15) is 18.4 Å². The molecule has 26 heavy (non-hydrogen) atoms. The first-order chi connectivity index (χ1) is 12.5. The van der Waals surface area contributed by atoms with E-state index < -0.39 is 10.0 Å². The molecule has 0 amide bonds. The van der Waals surface area contributed by atoms with Crippen molar-refractivity contribution in [2.45, 2.75) is 18.7 Å². The van der Waals surface area contributed by atoms with E-state index in [0.29, 0.717) is 5.71 Å². The van der Waals surface area contributed by atoms with Crippen molar-refractivity contribution in [3.63, 3.8) is 0 Å². The number of nitrogens with one attached hydrogen (secondary N) is 1. The van der Waals surface area contributed by atoms with Crippen LogP contribution in [0.25, 0.3) is 11.1 Å². The average Bonchev–Trinajstić information content (AvgIpc) is 2.67. The van der Waals surface area contributed by atoms with E-state index >= 15 is 0 Å². The van der Waals surface area contributed by atoms with E-state index in [2.05, 4.69) is 9.93 Å². The van der Waals surface area contributed by atoms with Crippen LogP contribution in [0, 0.1) is 6.92 Å². The Morgan fingerprint density at radius 2 is 1.38 bits per heavy atom. The maximum absolute atomic E-state index is 12.3. The molecule has 132 valence electrons. The second-order valence-corrected chi connectivity index (χ2v) is 7.71. The highest BCUT2D eigenvalue weighted by molar-refractivity contribution is 7.89. The fourth-order valence-corrected chi connectivity index (χ4v) is 3.35. The molecule has 0 aromatic heterocycles. The quantitative estimate of drug-likeness (QED) is 0.540. The van der Waals surface area contributed by atoms with Crippen LogP contribution in [0.2, 0.25) is 0 Å². The van der Waals surface area contributed by atoms with Crippen LogP contribution >= 0.6 is 0 Å². The topological polar surface area (TPSA) is 58.5 Å². The van der Waals surface area contributed by atoms with Gasteiger partial charge in [0.05, 0.1) is 10.6 Å². The summed E-state index contributed by atoms with van der Waals surface area (Å²) in [6.45, 7) is 3.68.